The fourth-order valence-electron chi connectivity index (χ4n) is 8.32. The Balaban J connectivity index is 0.000000612. The normalized spacial score (nSPS) is 12.6. The molecule has 0 fully saturated rings. The van der Waals surface area contributed by atoms with Gasteiger partial charge in [0.2, 0.25) is 0 Å². The fraction of sp³-hybridized carbons (Fsp3) is 0.593. The van der Waals surface area contributed by atoms with Gasteiger partial charge >= 0.3 is 0 Å². The third-order valence-corrected chi connectivity index (χ3v) is 15.3. The standard InChI is InChI=1S/C14H23NO2.C14H22O3.C14H22O2S.C13H22N2O2.2C13H21NO3/c1-2-3-9-17-12-14(16)11-15-10-13-7-5-4-6-8-13;1-2-3-9-16-11-14(15)12-17-10-13-7-5-4-6-8-13;1-2-3-9-16-10-14(15)12-17-11-13-7-5-4-6-8-13;1-2-3-7-17-11-13(16)10-15-9-12-5-4-6-14-8-12;1-2-3-8-16-10-13(15)11-17-9-12-6-4-5-7-14-12;1-2-3-7-16-10-13(15)11-17-9-12-5-4-6-14-8-12/h4-8,14-16H,2-3,9-12H2,1H3;2*4-8,14-15H,2-3,9-12H2,1H3;4-6,8,13,15-16H,2-3,7,9-11H2,1H3;4-7,13,15H,2-3,8-11H2,1H3;4-6,8,13,15H,2-3,7,9-11H2,1H3. The minimum Gasteiger partial charge on any atom is -0.390 e. The molecular weight excluding hydrogens is 1310 g/mol. The summed E-state index contributed by atoms with van der Waals surface area (Å²) < 4.78 is 48.1. The molecule has 0 bridgehead atoms. The van der Waals surface area contributed by atoms with Gasteiger partial charge in [-0.3, -0.25) is 15.0 Å². The highest BCUT2D eigenvalue weighted by atomic mass is 32.2. The lowest BCUT2D eigenvalue weighted by Crippen LogP contribution is -2.30. The maximum Gasteiger partial charge on any atom is 0.101 e. The second-order valence-corrected chi connectivity index (χ2v) is 25.3. The average molecular weight is 1450 g/mol. The van der Waals surface area contributed by atoms with E-state index in [1.807, 2.05) is 115 Å². The molecule has 6 unspecified atom stereocenters. The molecule has 0 radical (unpaired) electrons. The van der Waals surface area contributed by atoms with Crippen molar-refractivity contribution in [2.75, 3.05) is 118 Å². The lowest BCUT2D eigenvalue weighted by molar-refractivity contribution is -0.0243. The summed E-state index contributed by atoms with van der Waals surface area (Å²) in [5, 5.41) is 64.0. The van der Waals surface area contributed by atoms with Gasteiger partial charge in [0.25, 0.3) is 0 Å². The van der Waals surface area contributed by atoms with E-state index < -0.39 is 30.5 Å². The predicted molar refractivity (Wildman–Crippen MR) is 411 cm³/mol. The number of ether oxygens (including phenoxy) is 9. The molecule has 0 saturated carbocycles. The number of aromatic nitrogens is 3. The molecule has 20 nitrogen and oxygen atoms in total. The first-order chi connectivity index (χ1) is 50.0. The number of aliphatic hydroxyl groups excluding tert-OH is 6. The second-order valence-electron chi connectivity index (χ2n) is 24.3. The highest BCUT2D eigenvalue weighted by Crippen LogP contribution is 2.13. The third-order valence-electron chi connectivity index (χ3n) is 14.1. The van der Waals surface area contributed by atoms with Crippen molar-refractivity contribution in [3.63, 3.8) is 0 Å². The van der Waals surface area contributed by atoms with Crippen molar-refractivity contribution < 1.29 is 73.3 Å². The first kappa shape index (κ1) is 94.8. The van der Waals surface area contributed by atoms with Gasteiger partial charge in [0.05, 0.1) is 103 Å². The molecule has 0 aliphatic heterocycles. The molecule has 3 aromatic carbocycles. The van der Waals surface area contributed by atoms with Gasteiger partial charge in [0.1, 0.15) is 18.3 Å². The number of benzene rings is 3. The van der Waals surface area contributed by atoms with Crippen molar-refractivity contribution in [3.05, 3.63) is 198 Å². The monoisotopic (exact) mass is 1450 g/mol. The number of thioether (sulfide) groups is 1. The highest BCUT2D eigenvalue weighted by molar-refractivity contribution is 7.98. The molecule has 0 saturated heterocycles. The summed E-state index contributed by atoms with van der Waals surface area (Å²) in [5.41, 5.74) is 6.64. The quantitative estimate of drug-likeness (QED) is 0.0165. The van der Waals surface area contributed by atoms with Gasteiger partial charge in [0.15, 0.2) is 0 Å². The minimum absolute atomic E-state index is 0.280. The summed E-state index contributed by atoms with van der Waals surface area (Å²) in [7, 11) is 0. The Kier molecular flexibility index (Phi) is 67.6. The molecule has 0 aliphatic carbocycles. The van der Waals surface area contributed by atoms with Crippen LogP contribution in [0.2, 0.25) is 0 Å². The van der Waals surface area contributed by atoms with Crippen LogP contribution in [0.25, 0.3) is 0 Å². The zero-order valence-corrected chi connectivity index (χ0v) is 63.4. The van der Waals surface area contributed by atoms with Crippen LogP contribution in [0.3, 0.4) is 0 Å². The van der Waals surface area contributed by atoms with Crippen LogP contribution in [0.5, 0.6) is 0 Å². The van der Waals surface area contributed by atoms with Gasteiger partial charge < -0.3 is 83.9 Å². The Bertz CT molecular complexity index is 2130. The number of hydrogen-bond acceptors (Lipinski definition) is 21. The van der Waals surface area contributed by atoms with Gasteiger partial charge in [-0.25, -0.2) is 0 Å². The number of nitrogens with zero attached hydrogens (tertiary/aromatic N) is 3. The molecule has 3 heterocycles. The van der Waals surface area contributed by atoms with E-state index in [1.165, 1.54) is 11.1 Å². The molecule has 6 aromatic rings. The van der Waals surface area contributed by atoms with E-state index in [9.17, 15) is 30.6 Å². The molecule has 6 rings (SSSR count). The summed E-state index contributed by atoms with van der Waals surface area (Å²) in [5.74, 6) is 1.69. The Morgan fingerprint density at radius 2 is 0.657 bits per heavy atom. The molecule has 102 heavy (non-hydrogen) atoms. The van der Waals surface area contributed by atoms with E-state index in [1.54, 1.807) is 36.5 Å². The van der Waals surface area contributed by atoms with Crippen molar-refractivity contribution in [2.45, 2.75) is 194 Å². The van der Waals surface area contributed by atoms with Crippen molar-refractivity contribution >= 4 is 11.8 Å². The van der Waals surface area contributed by atoms with Crippen LogP contribution in [-0.2, 0) is 81.3 Å². The van der Waals surface area contributed by atoms with E-state index >= 15 is 0 Å². The largest absolute Gasteiger partial charge is 0.390 e. The topological polar surface area (TPSA) is 267 Å². The zero-order valence-electron chi connectivity index (χ0n) is 62.6. The maximum absolute atomic E-state index is 9.68. The second kappa shape index (κ2) is 72.7. The van der Waals surface area contributed by atoms with Gasteiger partial charge in [-0.1, -0.05) is 189 Å². The van der Waals surface area contributed by atoms with Gasteiger partial charge in [-0.2, -0.15) is 11.8 Å². The smallest absolute Gasteiger partial charge is 0.101 e. The molecule has 0 aliphatic rings. The van der Waals surface area contributed by atoms with Crippen LogP contribution in [0.1, 0.15) is 152 Å². The lowest BCUT2D eigenvalue weighted by Gasteiger charge is -2.12. The Morgan fingerprint density at radius 1 is 0.324 bits per heavy atom. The van der Waals surface area contributed by atoms with Crippen molar-refractivity contribution in [1.29, 1.82) is 0 Å². The van der Waals surface area contributed by atoms with Crippen LogP contribution < -0.4 is 10.6 Å². The average Bonchev–Trinajstić information content (AvgIpc) is 1.57. The summed E-state index contributed by atoms with van der Waals surface area (Å²) >= 11 is 1.75. The predicted octanol–water partition coefficient (Wildman–Crippen LogP) is 12.3. The maximum atomic E-state index is 9.68. The van der Waals surface area contributed by atoms with Gasteiger partial charge in [-0.15, -0.1) is 0 Å². The fourth-order valence-corrected chi connectivity index (χ4v) is 9.24. The van der Waals surface area contributed by atoms with Crippen molar-refractivity contribution in [3.8, 4) is 0 Å². The SMILES string of the molecule is CCCCOCC(O)CNCc1ccccc1.CCCCOCC(O)CNCc1cccnc1.CCCCOCC(O)COCc1ccccc1.CCCCOCC(O)COCc1ccccn1.CCCCOCC(O)COCc1cccnc1.CCCCOCC(O)CSCc1ccccc1. The number of nitrogens with one attached hydrogen (secondary N) is 2. The Labute approximate surface area is 617 Å². The van der Waals surface area contributed by atoms with E-state index in [0.717, 1.165) is 144 Å². The van der Waals surface area contributed by atoms with Crippen LogP contribution in [0, 0.1) is 0 Å². The zero-order chi connectivity index (χ0) is 74.1. The number of pyridine rings is 3. The minimum atomic E-state index is -0.560. The van der Waals surface area contributed by atoms with Crippen molar-refractivity contribution in [2.24, 2.45) is 0 Å². The summed E-state index contributed by atoms with van der Waals surface area (Å²) in [6, 6.07) is 43.8. The molecule has 6 atom stereocenters. The molecule has 0 spiro atoms. The molecule has 8 N–H and O–H groups in total. The summed E-state index contributed by atoms with van der Waals surface area (Å²) in [6.45, 7) is 24.3. The molecule has 21 heteroatoms. The van der Waals surface area contributed by atoms with E-state index in [4.69, 9.17) is 42.6 Å². The number of hydrogen-bond donors (Lipinski definition) is 8. The van der Waals surface area contributed by atoms with Crippen LogP contribution in [-0.4, -0.2) is 200 Å². The van der Waals surface area contributed by atoms with Crippen LogP contribution in [0.4, 0.5) is 0 Å². The van der Waals surface area contributed by atoms with Gasteiger partial charge in [-0.05, 0) is 90.6 Å². The van der Waals surface area contributed by atoms with Crippen LogP contribution in [0.15, 0.2) is 164 Å². The molecule has 576 valence electrons. The van der Waals surface area contributed by atoms with E-state index in [-0.39, 0.29) is 12.7 Å². The van der Waals surface area contributed by atoms with Crippen LogP contribution >= 0.6 is 11.8 Å². The Hall–Kier alpha value is -5.22. The van der Waals surface area contributed by atoms with Gasteiger partial charge in [0, 0.05) is 108 Å². The van der Waals surface area contributed by atoms with E-state index in [0.29, 0.717) is 106 Å². The van der Waals surface area contributed by atoms with Crippen molar-refractivity contribution in [1.82, 2.24) is 25.6 Å². The molecular formula is C81H131N5O15S. The summed E-state index contributed by atoms with van der Waals surface area (Å²) in [6.07, 6.45) is 18.9. The highest BCUT2D eigenvalue weighted by Gasteiger charge is 2.10. The number of rotatable bonds is 54. The first-order valence-electron chi connectivity index (χ1n) is 37.0. The molecule has 0 amide bonds. The summed E-state index contributed by atoms with van der Waals surface area (Å²) in [4.78, 5) is 12.1. The lowest BCUT2D eigenvalue weighted by atomic mass is 10.2. The first-order valence-corrected chi connectivity index (χ1v) is 38.2. The van der Waals surface area contributed by atoms with E-state index in [2.05, 4.69) is 91.4 Å². The number of unbranched alkanes of at least 4 members (excludes halogenated alkanes) is 6. The number of aliphatic hydroxyl groups is 6. The Morgan fingerprint density at radius 3 is 1.05 bits per heavy atom. The third kappa shape index (κ3) is 63.3. The molecule has 3 aromatic heterocycles.